The molecule has 32 heavy (non-hydrogen) atoms. The van der Waals surface area contributed by atoms with E-state index in [9.17, 15) is 18.0 Å². The van der Waals surface area contributed by atoms with Gasteiger partial charge in [0.05, 0.1) is 12.4 Å². The van der Waals surface area contributed by atoms with Crippen LogP contribution >= 0.6 is 0 Å². The maximum absolute atomic E-state index is 12.8. The Kier molecular flexibility index (Phi) is 5.19. The average Bonchev–Trinajstić information content (AvgIpc) is 3.54. The molecule has 10 nitrogen and oxygen atoms in total. The van der Waals surface area contributed by atoms with E-state index < -0.39 is 17.4 Å². The third kappa shape index (κ3) is 3.87. The van der Waals surface area contributed by atoms with Crippen LogP contribution in [0.4, 0.5) is 19.0 Å². The van der Waals surface area contributed by atoms with Gasteiger partial charge in [-0.1, -0.05) is 5.21 Å². The maximum atomic E-state index is 12.8. The molecule has 1 N–H and O–H groups in total. The molecule has 0 aromatic carbocycles. The summed E-state index contributed by atoms with van der Waals surface area (Å²) in [5, 5.41) is 9.24. The topological polar surface area (TPSA) is 101 Å². The SMILES string of the molecule is O=c1c(-n2cc(C(F)(F)F)nn2)c[nH]n1-c1cc(N2CCC(N3CCCC3)CC2)ncn1. The maximum Gasteiger partial charge on any atom is 0.436 e. The van der Waals surface area contributed by atoms with E-state index in [1.165, 1.54) is 38.5 Å². The minimum atomic E-state index is -4.64. The number of nitrogens with zero attached hydrogens (tertiary/aromatic N) is 8. The third-order valence-corrected chi connectivity index (χ3v) is 6.10. The van der Waals surface area contributed by atoms with E-state index in [1.807, 2.05) is 0 Å². The lowest BCUT2D eigenvalue weighted by atomic mass is 10.0. The van der Waals surface area contributed by atoms with Crippen LogP contribution < -0.4 is 10.5 Å². The van der Waals surface area contributed by atoms with Crippen LogP contribution in [0.15, 0.2) is 29.6 Å². The van der Waals surface area contributed by atoms with Gasteiger partial charge in [0.1, 0.15) is 12.1 Å². The molecular formula is C19H22F3N9O. The lowest BCUT2D eigenvalue weighted by molar-refractivity contribution is -0.141. The van der Waals surface area contributed by atoms with E-state index in [0.29, 0.717) is 23.9 Å². The predicted molar refractivity (Wildman–Crippen MR) is 108 cm³/mol. The van der Waals surface area contributed by atoms with Gasteiger partial charge in [0, 0.05) is 25.2 Å². The van der Waals surface area contributed by atoms with Crippen molar-refractivity contribution in [3.63, 3.8) is 0 Å². The zero-order valence-electron chi connectivity index (χ0n) is 17.2. The quantitative estimate of drug-likeness (QED) is 0.646. The summed E-state index contributed by atoms with van der Waals surface area (Å²) >= 11 is 0. The summed E-state index contributed by atoms with van der Waals surface area (Å²) in [5.74, 6) is 1.00. The highest BCUT2D eigenvalue weighted by atomic mass is 19.4. The third-order valence-electron chi connectivity index (χ3n) is 6.10. The van der Waals surface area contributed by atoms with Gasteiger partial charge < -0.3 is 9.80 Å². The molecule has 13 heteroatoms. The summed E-state index contributed by atoms with van der Waals surface area (Å²) in [4.78, 5) is 26.0. The number of rotatable bonds is 4. The Morgan fingerprint density at radius 3 is 2.44 bits per heavy atom. The van der Waals surface area contributed by atoms with E-state index in [2.05, 4.69) is 35.2 Å². The Morgan fingerprint density at radius 1 is 1.03 bits per heavy atom. The van der Waals surface area contributed by atoms with Gasteiger partial charge in [0.15, 0.2) is 17.2 Å². The monoisotopic (exact) mass is 449 g/mol. The largest absolute Gasteiger partial charge is 0.436 e. The first-order valence-corrected chi connectivity index (χ1v) is 10.5. The smallest absolute Gasteiger partial charge is 0.356 e. The van der Waals surface area contributed by atoms with Crippen molar-refractivity contribution < 1.29 is 13.2 Å². The fraction of sp³-hybridized carbons (Fsp3) is 0.526. The fourth-order valence-electron chi connectivity index (χ4n) is 4.41. The number of aromatic amines is 1. The number of anilines is 1. The van der Waals surface area contributed by atoms with Crippen LogP contribution in [0.3, 0.4) is 0 Å². The zero-order chi connectivity index (χ0) is 22.3. The summed E-state index contributed by atoms with van der Waals surface area (Å²) in [5.41, 5.74) is -1.87. The van der Waals surface area contributed by atoms with Crippen molar-refractivity contribution >= 4 is 5.82 Å². The summed E-state index contributed by atoms with van der Waals surface area (Å²) in [7, 11) is 0. The van der Waals surface area contributed by atoms with Crippen LogP contribution in [0.5, 0.6) is 0 Å². The highest BCUT2D eigenvalue weighted by Gasteiger charge is 2.35. The van der Waals surface area contributed by atoms with Gasteiger partial charge in [-0.05, 0) is 38.8 Å². The molecule has 0 unspecified atom stereocenters. The Balaban J connectivity index is 1.34. The van der Waals surface area contributed by atoms with E-state index in [4.69, 9.17) is 0 Å². The highest BCUT2D eigenvalue weighted by Crippen LogP contribution is 2.27. The molecule has 5 heterocycles. The Hall–Kier alpha value is -3.22. The standard InChI is InChI=1S/C19H22F3N9O/c20-19(21,22)15-11-30(27-26-15)14-10-25-31(18(14)32)17-9-16(23-12-24-17)29-7-3-13(4-8-29)28-5-1-2-6-28/h9-13,25H,1-8H2. The van der Waals surface area contributed by atoms with Crippen LogP contribution in [0, 0.1) is 0 Å². The van der Waals surface area contributed by atoms with E-state index in [1.54, 1.807) is 6.07 Å². The Labute approximate surface area is 180 Å². The van der Waals surface area contributed by atoms with Gasteiger partial charge in [0.2, 0.25) is 0 Å². The second kappa shape index (κ2) is 8.04. The minimum Gasteiger partial charge on any atom is -0.356 e. The average molecular weight is 449 g/mol. The number of nitrogens with one attached hydrogen (secondary N) is 1. The van der Waals surface area contributed by atoms with Crippen molar-refractivity contribution in [3.05, 3.63) is 40.8 Å². The summed E-state index contributed by atoms with van der Waals surface area (Å²) in [6.45, 7) is 4.08. The molecule has 2 aliphatic heterocycles. The van der Waals surface area contributed by atoms with Crippen molar-refractivity contribution in [2.24, 2.45) is 0 Å². The van der Waals surface area contributed by atoms with Crippen LogP contribution in [0.2, 0.25) is 0 Å². The number of piperidine rings is 1. The summed E-state index contributed by atoms with van der Waals surface area (Å²) < 4.78 is 40.3. The molecule has 2 fully saturated rings. The summed E-state index contributed by atoms with van der Waals surface area (Å²) in [6.07, 6.45) is 3.33. The summed E-state index contributed by atoms with van der Waals surface area (Å²) in [6, 6.07) is 2.30. The number of likely N-dealkylation sites (tertiary alicyclic amines) is 1. The predicted octanol–water partition coefficient (Wildman–Crippen LogP) is 1.62. The molecule has 3 aromatic heterocycles. The van der Waals surface area contributed by atoms with Gasteiger partial charge in [0.25, 0.3) is 5.56 Å². The number of halogens is 3. The molecule has 0 spiro atoms. The lowest BCUT2D eigenvalue weighted by Crippen LogP contribution is -2.44. The van der Waals surface area contributed by atoms with E-state index in [-0.39, 0.29) is 5.69 Å². The van der Waals surface area contributed by atoms with Crippen molar-refractivity contribution in [3.8, 4) is 11.5 Å². The molecule has 0 radical (unpaired) electrons. The number of H-pyrrole nitrogens is 1. The second-order valence-corrected chi connectivity index (χ2v) is 8.04. The molecule has 0 aliphatic carbocycles. The molecule has 0 amide bonds. The molecule has 2 saturated heterocycles. The van der Waals surface area contributed by atoms with Crippen LogP contribution in [0.25, 0.3) is 11.5 Å². The van der Waals surface area contributed by atoms with E-state index >= 15 is 0 Å². The lowest BCUT2D eigenvalue weighted by Gasteiger charge is -2.37. The molecule has 170 valence electrons. The molecule has 0 saturated carbocycles. The molecule has 2 aliphatic rings. The van der Waals surface area contributed by atoms with Crippen molar-refractivity contribution in [1.82, 2.24) is 39.6 Å². The Bertz CT molecular complexity index is 1140. The van der Waals surface area contributed by atoms with Gasteiger partial charge >= 0.3 is 6.18 Å². The van der Waals surface area contributed by atoms with E-state index in [0.717, 1.165) is 35.3 Å². The first-order chi connectivity index (χ1) is 15.4. The number of hydrogen-bond acceptors (Lipinski definition) is 7. The van der Waals surface area contributed by atoms with Crippen LogP contribution in [-0.4, -0.2) is 71.9 Å². The van der Waals surface area contributed by atoms with Gasteiger partial charge in [-0.2, -0.15) is 17.9 Å². The Morgan fingerprint density at radius 2 is 1.75 bits per heavy atom. The normalized spacial score (nSPS) is 18.5. The second-order valence-electron chi connectivity index (χ2n) is 8.04. The van der Waals surface area contributed by atoms with Crippen molar-refractivity contribution in [2.75, 3.05) is 31.1 Å². The van der Waals surface area contributed by atoms with Crippen molar-refractivity contribution in [1.29, 1.82) is 0 Å². The van der Waals surface area contributed by atoms with Crippen molar-refractivity contribution in [2.45, 2.75) is 37.9 Å². The van der Waals surface area contributed by atoms with Gasteiger partial charge in [-0.25, -0.2) is 14.6 Å². The van der Waals surface area contributed by atoms with Crippen LogP contribution in [0.1, 0.15) is 31.4 Å². The number of aromatic nitrogens is 7. The van der Waals surface area contributed by atoms with Crippen LogP contribution in [-0.2, 0) is 6.18 Å². The molecule has 0 atom stereocenters. The minimum absolute atomic E-state index is 0.0976. The highest BCUT2D eigenvalue weighted by molar-refractivity contribution is 5.44. The molecule has 0 bridgehead atoms. The molecule has 5 rings (SSSR count). The number of alkyl halides is 3. The zero-order valence-corrected chi connectivity index (χ0v) is 17.2. The molecule has 3 aromatic rings. The first kappa shape index (κ1) is 20.7. The number of hydrogen-bond donors (Lipinski definition) is 1. The van der Waals surface area contributed by atoms with Gasteiger partial charge in [-0.3, -0.25) is 9.89 Å². The van der Waals surface area contributed by atoms with Gasteiger partial charge in [-0.15, -0.1) is 5.10 Å². The molecular weight excluding hydrogens is 427 g/mol. The fourth-order valence-corrected chi connectivity index (χ4v) is 4.41. The first-order valence-electron chi connectivity index (χ1n) is 10.5.